The lowest BCUT2D eigenvalue weighted by Crippen LogP contribution is -2.30. The van der Waals surface area contributed by atoms with E-state index in [1.165, 1.54) is 13.8 Å². The SMILES string of the molecule is C[C@@H](OC(=O)/C=C/C(=O)O[C@H](C)C(N)=O)C(N)=O. The van der Waals surface area contributed by atoms with E-state index in [2.05, 4.69) is 9.47 Å². The molecule has 0 spiro atoms. The standard InChI is InChI=1S/C10H14N2O6/c1-5(9(11)15)17-7(13)3-4-8(14)18-6(2)10(12)16/h3-6H,1-2H3,(H2,11,15)(H2,12,16)/b4-3+/t5-,6-/m1/s1. The quantitative estimate of drug-likeness (QED) is 0.433. The summed E-state index contributed by atoms with van der Waals surface area (Å²) < 4.78 is 9.03. The van der Waals surface area contributed by atoms with E-state index in [9.17, 15) is 19.2 Å². The van der Waals surface area contributed by atoms with Gasteiger partial charge in [-0.05, 0) is 13.8 Å². The van der Waals surface area contributed by atoms with Gasteiger partial charge in [0.15, 0.2) is 12.2 Å². The molecule has 100 valence electrons. The van der Waals surface area contributed by atoms with Gasteiger partial charge in [0.05, 0.1) is 0 Å². The van der Waals surface area contributed by atoms with Crippen LogP contribution in [0.2, 0.25) is 0 Å². The maximum Gasteiger partial charge on any atom is 0.331 e. The highest BCUT2D eigenvalue weighted by atomic mass is 16.6. The number of hydrogen-bond donors (Lipinski definition) is 2. The van der Waals surface area contributed by atoms with Crippen molar-refractivity contribution in [2.24, 2.45) is 11.5 Å². The molecule has 8 heteroatoms. The highest BCUT2D eigenvalue weighted by Crippen LogP contribution is 1.94. The molecule has 18 heavy (non-hydrogen) atoms. The minimum atomic E-state index is -1.11. The van der Waals surface area contributed by atoms with Crippen LogP contribution in [0.25, 0.3) is 0 Å². The molecule has 0 aliphatic carbocycles. The van der Waals surface area contributed by atoms with Crippen LogP contribution in [-0.2, 0) is 28.7 Å². The zero-order chi connectivity index (χ0) is 14.3. The Kier molecular flexibility index (Phi) is 6.11. The molecule has 2 amide bonds. The molecule has 0 aromatic carbocycles. The maximum atomic E-state index is 11.1. The van der Waals surface area contributed by atoms with E-state index < -0.39 is 36.0 Å². The van der Waals surface area contributed by atoms with Crippen LogP contribution in [-0.4, -0.2) is 36.0 Å². The van der Waals surface area contributed by atoms with E-state index in [1.54, 1.807) is 0 Å². The Morgan fingerprint density at radius 3 is 1.33 bits per heavy atom. The van der Waals surface area contributed by atoms with Gasteiger partial charge in [0.2, 0.25) is 0 Å². The van der Waals surface area contributed by atoms with Crippen molar-refractivity contribution in [2.45, 2.75) is 26.1 Å². The molecule has 2 atom stereocenters. The first-order valence-corrected chi connectivity index (χ1v) is 4.92. The Morgan fingerprint density at radius 1 is 0.833 bits per heavy atom. The van der Waals surface area contributed by atoms with Crippen molar-refractivity contribution in [3.05, 3.63) is 12.2 Å². The zero-order valence-corrected chi connectivity index (χ0v) is 9.91. The number of carbonyl (C=O) groups excluding carboxylic acids is 4. The minimum Gasteiger partial charge on any atom is -0.449 e. The van der Waals surface area contributed by atoms with E-state index >= 15 is 0 Å². The monoisotopic (exact) mass is 258 g/mol. The number of amides is 2. The van der Waals surface area contributed by atoms with Gasteiger partial charge in [-0.2, -0.15) is 0 Å². The van der Waals surface area contributed by atoms with Gasteiger partial charge < -0.3 is 20.9 Å². The Bertz CT molecular complexity index is 354. The summed E-state index contributed by atoms with van der Waals surface area (Å²) in [6, 6.07) is 0. The Labute approximate surface area is 103 Å². The molecule has 8 nitrogen and oxygen atoms in total. The summed E-state index contributed by atoms with van der Waals surface area (Å²) in [4.78, 5) is 43.3. The normalized spacial score (nSPS) is 13.7. The number of rotatable bonds is 6. The van der Waals surface area contributed by atoms with Crippen LogP contribution in [0.4, 0.5) is 0 Å². The number of ether oxygens (including phenoxy) is 2. The average molecular weight is 258 g/mol. The molecule has 4 N–H and O–H groups in total. The Balaban J connectivity index is 4.22. The smallest absolute Gasteiger partial charge is 0.331 e. The molecule has 0 saturated carbocycles. The van der Waals surface area contributed by atoms with Gasteiger partial charge in [-0.15, -0.1) is 0 Å². The molecule has 0 aliphatic rings. The third-order valence-corrected chi connectivity index (χ3v) is 1.74. The highest BCUT2D eigenvalue weighted by Gasteiger charge is 2.14. The molecule has 0 radical (unpaired) electrons. The highest BCUT2D eigenvalue weighted by molar-refractivity contribution is 5.94. The molecule has 0 bridgehead atoms. The van der Waals surface area contributed by atoms with Crippen molar-refractivity contribution >= 4 is 23.8 Å². The first-order chi connectivity index (χ1) is 8.23. The number of esters is 2. The summed E-state index contributed by atoms with van der Waals surface area (Å²) in [6.45, 7) is 2.56. The predicted molar refractivity (Wildman–Crippen MR) is 58.6 cm³/mol. The van der Waals surface area contributed by atoms with Gasteiger partial charge in [0, 0.05) is 12.2 Å². The summed E-state index contributed by atoms with van der Waals surface area (Å²) in [5.74, 6) is -3.52. The molecule has 0 unspecified atom stereocenters. The maximum absolute atomic E-state index is 11.1. The topological polar surface area (TPSA) is 139 Å². The van der Waals surface area contributed by atoms with Crippen LogP contribution in [0, 0.1) is 0 Å². The summed E-state index contributed by atoms with van der Waals surface area (Å²) in [5, 5.41) is 0. The Morgan fingerprint density at radius 2 is 1.11 bits per heavy atom. The van der Waals surface area contributed by atoms with Crippen LogP contribution >= 0.6 is 0 Å². The van der Waals surface area contributed by atoms with Crippen molar-refractivity contribution in [1.29, 1.82) is 0 Å². The summed E-state index contributed by atoms with van der Waals surface area (Å²) in [6.07, 6.45) is -0.726. The molecule has 0 saturated heterocycles. The van der Waals surface area contributed by atoms with E-state index in [1.807, 2.05) is 0 Å². The largest absolute Gasteiger partial charge is 0.449 e. The van der Waals surface area contributed by atoms with E-state index in [0.717, 1.165) is 12.2 Å². The predicted octanol–water partition coefficient (Wildman–Crippen LogP) is -1.62. The van der Waals surface area contributed by atoms with Gasteiger partial charge in [-0.25, -0.2) is 9.59 Å². The fraction of sp³-hybridized carbons (Fsp3) is 0.400. The Hall–Kier alpha value is -2.38. The van der Waals surface area contributed by atoms with Crippen molar-refractivity contribution in [1.82, 2.24) is 0 Å². The van der Waals surface area contributed by atoms with E-state index in [-0.39, 0.29) is 0 Å². The fourth-order valence-electron chi connectivity index (χ4n) is 0.679. The van der Waals surface area contributed by atoms with Crippen LogP contribution < -0.4 is 11.5 Å². The number of hydrogen-bond acceptors (Lipinski definition) is 6. The summed E-state index contributed by atoms with van der Waals surface area (Å²) in [7, 11) is 0. The van der Waals surface area contributed by atoms with Crippen LogP contribution in [0.1, 0.15) is 13.8 Å². The molecular weight excluding hydrogens is 244 g/mol. The van der Waals surface area contributed by atoms with Crippen LogP contribution in [0.5, 0.6) is 0 Å². The van der Waals surface area contributed by atoms with Gasteiger partial charge in [0.1, 0.15) is 0 Å². The molecule has 0 fully saturated rings. The number of carbonyl (C=O) groups is 4. The van der Waals surface area contributed by atoms with Gasteiger partial charge in [-0.1, -0.05) is 0 Å². The van der Waals surface area contributed by atoms with Gasteiger partial charge in [0.25, 0.3) is 11.8 Å². The lowest BCUT2D eigenvalue weighted by atomic mass is 10.4. The second-order valence-corrected chi connectivity index (χ2v) is 3.30. The third kappa shape index (κ3) is 6.26. The van der Waals surface area contributed by atoms with Gasteiger partial charge >= 0.3 is 11.9 Å². The molecule has 0 aliphatic heterocycles. The molecule has 0 aromatic heterocycles. The first-order valence-electron chi connectivity index (χ1n) is 4.92. The lowest BCUT2D eigenvalue weighted by Gasteiger charge is -2.07. The van der Waals surface area contributed by atoms with Crippen molar-refractivity contribution in [3.8, 4) is 0 Å². The molecular formula is C10H14N2O6. The summed E-state index contributed by atoms with van der Waals surface area (Å²) >= 11 is 0. The van der Waals surface area contributed by atoms with Crippen LogP contribution in [0.3, 0.4) is 0 Å². The summed E-state index contributed by atoms with van der Waals surface area (Å²) in [5.41, 5.74) is 9.71. The van der Waals surface area contributed by atoms with E-state index in [0.29, 0.717) is 0 Å². The fourth-order valence-corrected chi connectivity index (χ4v) is 0.679. The third-order valence-electron chi connectivity index (χ3n) is 1.74. The molecule has 0 rings (SSSR count). The minimum absolute atomic E-state index is 0.746. The van der Waals surface area contributed by atoms with Crippen LogP contribution in [0.15, 0.2) is 12.2 Å². The zero-order valence-electron chi connectivity index (χ0n) is 9.91. The molecule has 0 heterocycles. The second-order valence-electron chi connectivity index (χ2n) is 3.30. The second kappa shape index (κ2) is 7.05. The van der Waals surface area contributed by atoms with Gasteiger partial charge in [-0.3, -0.25) is 9.59 Å². The number of primary amides is 2. The van der Waals surface area contributed by atoms with Crippen molar-refractivity contribution in [2.75, 3.05) is 0 Å². The first kappa shape index (κ1) is 15.6. The number of nitrogens with two attached hydrogens (primary N) is 2. The average Bonchev–Trinajstić information content (AvgIpc) is 2.25. The lowest BCUT2D eigenvalue weighted by molar-refractivity contribution is -0.150. The van der Waals surface area contributed by atoms with E-state index in [4.69, 9.17) is 11.5 Å². The van der Waals surface area contributed by atoms with Crippen molar-refractivity contribution < 1.29 is 28.7 Å². The van der Waals surface area contributed by atoms with Crippen molar-refractivity contribution in [3.63, 3.8) is 0 Å². The molecule has 0 aromatic rings.